The first-order valence-electron chi connectivity index (χ1n) is 10.8. The molecule has 1 nitrogen and oxygen atoms in total. The number of rotatable bonds is 3. The number of hydrogen-bond donors (Lipinski definition) is 0. The minimum absolute atomic E-state index is 1.19. The van der Waals surface area contributed by atoms with Crippen molar-refractivity contribution in [2.45, 2.75) is 16.7 Å². The van der Waals surface area contributed by atoms with Crippen LogP contribution in [0.15, 0.2) is 119 Å². The maximum atomic E-state index is 4.52. The number of fused-ring (bicyclic) bond motifs is 3. The maximum absolute atomic E-state index is 4.52. The molecule has 0 bridgehead atoms. The van der Waals surface area contributed by atoms with Gasteiger partial charge in [-0.05, 0) is 69.2 Å². The van der Waals surface area contributed by atoms with E-state index < -0.39 is 0 Å². The van der Waals surface area contributed by atoms with Crippen LogP contribution in [0.2, 0.25) is 0 Å². The molecule has 1 heterocycles. The molecule has 0 fully saturated rings. The molecular formula is C30H21NS. The second kappa shape index (κ2) is 7.81. The zero-order valence-corrected chi connectivity index (χ0v) is 18.6. The van der Waals surface area contributed by atoms with Crippen LogP contribution in [-0.4, -0.2) is 4.98 Å². The molecule has 0 aliphatic rings. The summed E-state index contributed by atoms with van der Waals surface area (Å²) in [5.74, 6) is 0. The summed E-state index contributed by atoms with van der Waals surface area (Å²) >= 11 is 1.83. The predicted octanol–water partition coefficient (Wildman–Crippen LogP) is 8.67. The van der Waals surface area contributed by atoms with E-state index in [1.165, 1.54) is 58.8 Å². The third-order valence-corrected chi connectivity index (χ3v) is 7.21. The van der Waals surface area contributed by atoms with Gasteiger partial charge in [0.2, 0.25) is 0 Å². The van der Waals surface area contributed by atoms with Gasteiger partial charge in [0.05, 0.1) is 0 Å². The summed E-state index contributed by atoms with van der Waals surface area (Å²) in [5, 5.41) is 7.49. The van der Waals surface area contributed by atoms with E-state index in [4.69, 9.17) is 0 Å². The van der Waals surface area contributed by atoms with Crippen LogP contribution in [0.3, 0.4) is 0 Å². The molecule has 0 atom stereocenters. The van der Waals surface area contributed by atoms with Crippen LogP contribution in [0.25, 0.3) is 43.4 Å². The van der Waals surface area contributed by atoms with Crippen LogP contribution in [-0.2, 0) is 0 Å². The lowest BCUT2D eigenvalue weighted by molar-refractivity contribution is 1.35. The van der Waals surface area contributed by atoms with E-state index in [2.05, 4.69) is 109 Å². The van der Waals surface area contributed by atoms with Gasteiger partial charge in [-0.3, -0.25) is 4.98 Å². The Labute approximate surface area is 191 Å². The Kier molecular flexibility index (Phi) is 4.66. The predicted molar refractivity (Wildman–Crippen MR) is 137 cm³/mol. The highest BCUT2D eigenvalue weighted by molar-refractivity contribution is 7.99. The highest BCUT2D eigenvalue weighted by Crippen LogP contribution is 2.45. The van der Waals surface area contributed by atoms with E-state index in [1.54, 1.807) is 0 Å². The summed E-state index contributed by atoms with van der Waals surface area (Å²) in [6.45, 7) is 2.13. The zero-order chi connectivity index (χ0) is 21.5. The molecule has 2 heteroatoms. The second-order valence-electron chi connectivity index (χ2n) is 8.15. The molecule has 0 saturated heterocycles. The van der Waals surface area contributed by atoms with Crippen LogP contribution >= 0.6 is 11.8 Å². The zero-order valence-electron chi connectivity index (χ0n) is 17.7. The summed E-state index contributed by atoms with van der Waals surface area (Å²) in [6, 6.07) is 35.0. The number of nitrogens with zero attached hydrogens (tertiary/aromatic N) is 1. The SMILES string of the molecule is Cc1ccc(Sc2c3ccccc3c(-c3ccc4ccccc4c3)c3cnccc23)cc1. The largest absolute Gasteiger partial charge is 0.264 e. The van der Waals surface area contributed by atoms with Gasteiger partial charge >= 0.3 is 0 Å². The van der Waals surface area contributed by atoms with E-state index in [0.717, 1.165) is 0 Å². The van der Waals surface area contributed by atoms with Crippen LogP contribution < -0.4 is 0 Å². The van der Waals surface area contributed by atoms with Crippen molar-refractivity contribution in [3.8, 4) is 11.1 Å². The lowest BCUT2D eigenvalue weighted by Crippen LogP contribution is -1.90. The topological polar surface area (TPSA) is 12.9 Å². The fraction of sp³-hybridized carbons (Fsp3) is 0.0333. The first-order valence-corrected chi connectivity index (χ1v) is 11.6. The molecule has 0 amide bonds. The van der Waals surface area contributed by atoms with Crippen LogP contribution in [0.1, 0.15) is 5.56 Å². The molecule has 6 rings (SSSR count). The van der Waals surface area contributed by atoms with Gasteiger partial charge in [-0.2, -0.15) is 0 Å². The van der Waals surface area contributed by atoms with Crippen molar-refractivity contribution in [3.63, 3.8) is 0 Å². The minimum Gasteiger partial charge on any atom is -0.264 e. The first-order chi connectivity index (χ1) is 15.8. The Morgan fingerprint density at radius 2 is 1.34 bits per heavy atom. The van der Waals surface area contributed by atoms with E-state index >= 15 is 0 Å². The smallest absolute Gasteiger partial charge is 0.0353 e. The molecule has 0 radical (unpaired) electrons. The minimum atomic E-state index is 1.19. The average Bonchev–Trinajstić information content (AvgIpc) is 2.85. The molecule has 0 aliphatic heterocycles. The monoisotopic (exact) mass is 427 g/mol. The van der Waals surface area contributed by atoms with Crippen molar-refractivity contribution < 1.29 is 0 Å². The van der Waals surface area contributed by atoms with E-state index in [9.17, 15) is 0 Å². The lowest BCUT2D eigenvalue weighted by Gasteiger charge is -2.17. The van der Waals surface area contributed by atoms with Crippen molar-refractivity contribution in [3.05, 3.63) is 115 Å². The van der Waals surface area contributed by atoms with Gasteiger partial charge in [-0.25, -0.2) is 0 Å². The lowest BCUT2D eigenvalue weighted by atomic mass is 9.92. The van der Waals surface area contributed by atoms with Gasteiger partial charge in [0.15, 0.2) is 0 Å². The van der Waals surface area contributed by atoms with E-state index in [-0.39, 0.29) is 0 Å². The molecule has 0 saturated carbocycles. The Morgan fingerprint density at radius 1 is 0.625 bits per heavy atom. The van der Waals surface area contributed by atoms with Crippen molar-refractivity contribution in [1.29, 1.82) is 0 Å². The molecule has 6 aromatic rings. The van der Waals surface area contributed by atoms with Gasteiger partial charge in [0.25, 0.3) is 0 Å². The van der Waals surface area contributed by atoms with Crippen molar-refractivity contribution in [2.75, 3.05) is 0 Å². The maximum Gasteiger partial charge on any atom is 0.0353 e. The fourth-order valence-electron chi connectivity index (χ4n) is 4.47. The summed E-state index contributed by atoms with van der Waals surface area (Å²) in [6.07, 6.45) is 3.92. The number of aromatic nitrogens is 1. The van der Waals surface area contributed by atoms with Crippen molar-refractivity contribution >= 4 is 44.1 Å². The molecule has 0 spiro atoms. The third-order valence-electron chi connectivity index (χ3n) is 6.06. The first kappa shape index (κ1) is 19.1. The van der Waals surface area contributed by atoms with Crippen LogP contribution in [0.4, 0.5) is 0 Å². The molecule has 152 valence electrons. The Morgan fingerprint density at radius 3 is 2.19 bits per heavy atom. The van der Waals surface area contributed by atoms with Gasteiger partial charge in [0.1, 0.15) is 0 Å². The highest BCUT2D eigenvalue weighted by Gasteiger charge is 2.16. The van der Waals surface area contributed by atoms with Crippen molar-refractivity contribution in [1.82, 2.24) is 4.98 Å². The van der Waals surface area contributed by atoms with Gasteiger partial charge < -0.3 is 0 Å². The molecule has 0 aliphatic carbocycles. The molecule has 5 aromatic carbocycles. The molecule has 1 aromatic heterocycles. The van der Waals surface area contributed by atoms with Gasteiger partial charge in [-0.1, -0.05) is 90.1 Å². The van der Waals surface area contributed by atoms with Crippen LogP contribution in [0.5, 0.6) is 0 Å². The highest BCUT2D eigenvalue weighted by atomic mass is 32.2. The summed E-state index contributed by atoms with van der Waals surface area (Å²) in [5.41, 5.74) is 3.76. The molecule has 32 heavy (non-hydrogen) atoms. The number of benzene rings is 5. The summed E-state index contributed by atoms with van der Waals surface area (Å²) in [7, 11) is 0. The number of pyridine rings is 1. The Hall–Kier alpha value is -3.62. The Balaban J connectivity index is 1.66. The van der Waals surface area contributed by atoms with Gasteiger partial charge in [-0.15, -0.1) is 0 Å². The van der Waals surface area contributed by atoms with Crippen molar-refractivity contribution in [2.24, 2.45) is 0 Å². The van der Waals surface area contributed by atoms with Crippen LogP contribution in [0, 0.1) is 6.92 Å². The fourth-order valence-corrected chi connectivity index (χ4v) is 5.55. The third kappa shape index (κ3) is 3.24. The quantitative estimate of drug-likeness (QED) is 0.262. The summed E-state index contributed by atoms with van der Waals surface area (Å²) < 4.78 is 0. The summed E-state index contributed by atoms with van der Waals surface area (Å²) in [4.78, 5) is 7.05. The van der Waals surface area contributed by atoms with E-state index in [1.807, 2.05) is 24.2 Å². The Bertz CT molecular complexity index is 1540. The molecular weight excluding hydrogens is 406 g/mol. The average molecular weight is 428 g/mol. The molecule has 0 unspecified atom stereocenters. The second-order valence-corrected chi connectivity index (χ2v) is 9.23. The number of aryl methyl sites for hydroxylation is 1. The van der Waals surface area contributed by atoms with Gasteiger partial charge in [0, 0.05) is 27.6 Å². The standard InChI is InChI=1S/C30H21NS/c1-20-10-14-24(15-11-20)32-30-26-9-5-4-8-25(26)29(28-19-31-17-16-27(28)30)23-13-12-21-6-2-3-7-22(21)18-23/h2-19H,1H3. The molecule has 0 N–H and O–H groups in total. The van der Waals surface area contributed by atoms with E-state index in [0.29, 0.717) is 0 Å². The normalized spacial score (nSPS) is 11.4. The number of hydrogen-bond acceptors (Lipinski definition) is 2.